The average Bonchev–Trinajstić information content (AvgIpc) is 2.86. The van der Waals surface area contributed by atoms with Crippen molar-refractivity contribution in [3.63, 3.8) is 0 Å². The SMILES string of the molecule is CCC1CCC(C(=O)c2cc(C)ccc2OC)C1. The van der Waals surface area contributed by atoms with Crippen molar-refractivity contribution in [3.8, 4) is 5.75 Å². The van der Waals surface area contributed by atoms with Crippen LogP contribution in [0.2, 0.25) is 0 Å². The van der Waals surface area contributed by atoms with Gasteiger partial charge in [-0.05, 0) is 44.2 Å². The number of methoxy groups -OCH3 is 1. The number of ketones is 1. The van der Waals surface area contributed by atoms with Gasteiger partial charge in [0.2, 0.25) is 0 Å². The van der Waals surface area contributed by atoms with Crippen LogP contribution >= 0.6 is 0 Å². The molecule has 0 spiro atoms. The van der Waals surface area contributed by atoms with E-state index in [1.807, 2.05) is 25.1 Å². The summed E-state index contributed by atoms with van der Waals surface area (Å²) in [6.07, 6.45) is 4.47. The number of carbonyl (C=O) groups excluding carboxylic acids is 1. The van der Waals surface area contributed by atoms with E-state index in [9.17, 15) is 4.79 Å². The standard InChI is InChI=1S/C16H22O2/c1-4-12-6-7-13(10-12)16(17)14-9-11(2)5-8-15(14)18-3/h5,8-9,12-13H,4,6-7,10H2,1-3H3. The summed E-state index contributed by atoms with van der Waals surface area (Å²) in [7, 11) is 1.63. The maximum Gasteiger partial charge on any atom is 0.169 e. The molecule has 0 amide bonds. The van der Waals surface area contributed by atoms with Crippen LogP contribution in [0.15, 0.2) is 18.2 Å². The van der Waals surface area contributed by atoms with Gasteiger partial charge in [-0.25, -0.2) is 0 Å². The van der Waals surface area contributed by atoms with E-state index in [0.29, 0.717) is 5.75 Å². The Kier molecular flexibility index (Phi) is 4.05. The molecule has 0 radical (unpaired) electrons. The minimum absolute atomic E-state index is 0.200. The summed E-state index contributed by atoms with van der Waals surface area (Å²) in [4.78, 5) is 12.6. The van der Waals surface area contributed by atoms with Crippen molar-refractivity contribution in [2.24, 2.45) is 11.8 Å². The second-order valence-corrected chi connectivity index (χ2v) is 5.35. The largest absolute Gasteiger partial charge is 0.496 e. The topological polar surface area (TPSA) is 26.3 Å². The first-order valence-corrected chi connectivity index (χ1v) is 6.84. The van der Waals surface area contributed by atoms with E-state index in [-0.39, 0.29) is 11.7 Å². The van der Waals surface area contributed by atoms with Gasteiger partial charge in [-0.2, -0.15) is 0 Å². The molecule has 18 heavy (non-hydrogen) atoms. The fraction of sp³-hybridized carbons (Fsp3) is 0.562. The first-order valence-electron chi connectivity index (χ1n) is 6.84. The van der Waals surface area contributed by atoms with Crippen molar-refractivity contribution >= 4 is 5.78 Å². The second-order valence-electron chi connectivity index (χ2n) is 5.35. The first-order chi connectivity index (χ1) is 8.65. The van der Waals surface area contributed by atoms with Crippen molar-refractivity contribution in [2.45, 2.75) is 39.5 Å². The Morgan fingerprint density at radius 1 is 1.39 bits per heavy atom. The third-order valence-electron chi connectivity index (χ3n) is 4.11. The molecule has 2 unspecified atom stereocenters. The van der Waals surface area contributed by atoms with Crippen molar-refractivity contribution < 1.29 is 9.53 Å². The summed E-state index contributed by atoms with van der Waals surface area (Å²) in [5.41, 5.74) is 1.88. The molecule has 1 aliphatic rings. The lowest BCUT2D eigenvalue weighted by Gasteiger charge is -2.13. The molecule has 0 bridgehead atoms. The van der Waals surface area contributed by atoms with Crippen LogP contribution in [0, 0.1) is 18.8 Å². The number of benzene rings is 1. The molecule has 0 aromatic heterocycles. The Labute approximate surface area is 109 Å². The lowest BCUT2D eigenvalue weighted by Crippen LogP contribution is -2.13. The molecular weight excluding hydrogens is 224 g/mol. The Morgan fingerprint density at radius 2 is 2.17 bits per heavy atom. The summed E-state index contributed by atoms with van der Waals surface area (Å²) < 4.78 is 5.31. The van der Waals surface area contributed by atoms with Gasteiger partial charge in [0.1, 0.15) is 5.75 Å². The van der Waals surface area contributed by atoms with Crippen molar-refractivity contribution in [1.82, 2.24) is 0 Å². The number of Topliss-reactive ketones (excluding diaryl/α,β-unsaturated/α-hetero) is 1. The fourth-order valence-corrected chi connectivity index (χ4v) is 2.92. The molecule has 1 aliphatic carbocycles. The lowest BCUT2D eigenvalue weighted by molar-refractivity contribution is 0.0916. The van der Waals surface area contributed by atoms with Crippen LogP contribution in [0.1, 0.15) is 48.5 Å². The van der Waals surface area contributed by atoms with Gasteiger partial charge in [0.25, 0.3) is 0 Å². The van der Waals surface area contributed by atoms with Crippen molar-refractivity contribution in [1.29, 1.82) is 0 Å². The van der Waals surface area contributed by atoms with Crippen LogP contribution in [0.25, 0.3) is 0 Å². The third-order valence-corrected chi connectivity index (χ3v) is 4.11. The Balaban J connectivity index is 2.21. The fourth-order valence-electron chi connectivity index (χ4n) is 2.92. The molecule has 2 rings (SSSR count). The monoisotopic (exact) mass is 246 g/mol. The van der Waals surface area contributed by atoms with Gasteiger partial charge in [-0.1, -0.05) is 25.0 Å². The van der Waals surface area contributed by atoms with Gasteiger partial charge in [-0.15, -0.1) is 0 Å². The molecule has 0 saturated heterocycles. The molecule has 0 aliphatic heterocycles. The highest BCUT2D eigenvalue weighted by atomic mass is 16.5. The Bertz CT molecular complexity index is 437. The van der Waals surface area contributed by atoms with E-state index in [4.69, 9.17) is 4.74 Å². The van der Waals surface area contributed by atoms with E-state index >= 15 is 0 Å². The van der Waals surface area contributed by atoms with Crippen LogP contribution < -0.4 is 4.74 Å². The zero-order valence-electron chi connectivity index (χ0n) is 11.5. The van der Waals surface area contributed by atoms with Crippen LogP contribution in [0.5, 0.6) is 5.75 Å². The normalized spacial score (nSPS) is 23.1. The second kappa shape index (κ2) is 5.55. The summed E-state index contributed by atoms with van der Waals surface area (Å²) in [5, 5.41) is 0. The minimum atomic E-state index is 0.200. The molecule has 1 saturated carbocycles. The highest BCUT2D eigenvalue weighted by Crippen LogP contribution is 2.36. The number of aryl methyl sites for hydroxylation is 1. The summed E-state index contributed by atoms with van der Waals surface area (Å²) >= 11 is 0. The van der Waals surface area contributed by atoms with Crippen LogP contribution in [0.4, 0.5) is 0 Å². The van der Waals surface area contributed by atoms with Gasteiger partial charge in [0.05, 0.1) is 12.7 Å². The maximum absolute atomic E-state index is 12.6. The molecule has 1 aromatic rings. The van der Waals surface area contributed by atoms with E-state index in [2.05, 4.69) is 6.92 Å². The molecule has 0 N–H and O–H groups in total. The summed E-state index contributed by atoms with van der Waals surface area (Å²) in [6, 6.07) is 5.84. The van der Waals surface area contributed by atoms with Crippen LogP contribution in [-0.2, 0) is 0 Å². The molecular formula is C16H22O2. The molecule has 0 heterocycles. The number of hydrogen-bond donors (Lipinski definition) is 0. The third kappa shape index (κ3) is 2.58. The summed E-state index contributed by atoms with van der Waals surface area (Å²) in [5.74, 6) is 1.91. The van der Waals surface area contributed by atoms with Gasteiger partial charge < -0.3 is 4.74 Å². The molecule has 2 heteroatoms. The van der Waals surface area contributed by atoms with Crippen molar-refractivity contribution in [2.75, 3.05) is 7.11 Å². The number of rotatable bonds is 4. The zero-order valence-corrected chi connectivity index (χ0v) is 11.5. The van der Waals surface area contributed by atoms with E-state index in [1.165, 1.54) is 12.8 Å². The predicted octanol–water partition coefficient (Wildman–Crippen LogP) is 4.01. The first kappa shape index (κ1) is 13.1. The molecule has 98 valence electrons. The highest BCUT2D eigenvalue weighted by Gasteiger charge is 2.30. The van der Waals surface area contributed by atoms with Crippen LogP contribution in [0.3, 0.4) is 0 Å². The van der Waals surface area contributed by atoms with Gasteiger partial charge in [-0.3, -0.25) is 4.79 Å². The zero-order chi connectivity index (χ0) is 13.1. The maximum atomic E-state index is 12.6. The molecule has 1 aromatic carbocycles. The van der Waals surface area contributed by atoms with E-state index < -0.39 is 0 Å². The van der Waals surface area contributed by atoms with Gasteiger partial charge in [0.15, 0.2) is 5.78 Å². The average molecular weight is 246 g/mol. The van der Waals surface area contributed by atoms with Crippen LogP contribution in [-0.4, -0.2) is 12.9 Å². The predicted molar refractivity (Wildman–Crippen MR) is 73.2 cm³/mol. The minimum Gasteiger partial charge on any atom is -0.496 e. The van der Waals surface area contributed by atoms with Crippen molar-refractivity contribution in [3.05, 3.63) is 29.3 Å². The highest BCUT2D eigenvalue weighted by molar-refractivity contribution is 6.00. The summed E-state index contributed by atoms with van der Waals surface area (Å²) in [6.45, 7) is 4.23. The Morgan fingerprint density at radius 3 is 2.78 bits per heavy atom. The number of carbonyl (C=O) groups is 1. The molecule has 1 fully saturated rings. The Hall–Kier alpha value is -1.31. The van der Waals surface area contributed by atoms with Gasteiger partial charge in [0, 0.05) is 5.92 Å². The van der Waals surface area contributed by atoms with Gasteiger partial charge >= 0.3 is 0 Å². The lowest BCUT2D eigenvalue weighted by atomic mass is 9.93. The smallest absolute Gasteiger partial charge is 0.169 e. The number of hydrogen-bond acceptors (Lipinski definition) is 2. The quantitative estimate of drug-likeness (QED) is 0.750. The molecule has 2 nitrogen and oxygen atoms in total. The number of ether oxygens (including phenoxy) is 1. The molecule has 2 atom stereocenters. The van der Waals surface area contributed by atoms with E-state index in [0.717, 1.165) is 29.9 Å². The van der Waals surface area contributed by atoms with E-state index in [1.54, 1.807) is 7.11 Å².